The van der Waals surface area contributed by atoms with Crippen molar-refractivity contribution >= 4 is 22.7 Å². The van der Waals surface area contributed by atoms with E-state index in [1.54, 1.807) is 25.0 Å². The third-order valence-electron chi connectivity index (χ3n) is 4.69. The van der Waals surface area contributed by atoms with Crippen molar-refractivity contribution in [3.8, 4) is 11.5 Å². The van der Waals surface area contributed by atoms with Crippen LogP contribution < -0.4 is 15.0 Å². The van der Waals surface area contributed by atoms with E-state index in [1.165, 1.54) is 11.8 Å². The Balaban J connectivity index is 1.75. The quantitative estimate of drug-likeness (QED) is 0.331. The summed E-state index contributed by atoms with van der Waals surface area (Å²) in [5, 5.41) is 1.25. The van der Waals surface area contributed by atoms with Crippen LogP contribution in [0.15, 0.2) is 76.8 Å². The van der Waals surface area contributed by atoms with Crippen molar-refractivity contribution in [3.63, 3.8) is 0 Å². The van der Waals surface area contributed by atoms with Crippen LogP contribution in [0.2, 0.25) is 0 Å². The van der Waals surface area contributed by atoms with Crippen molar-refractivity contribution in [2.24, 2.45) is 0 Å². The monoisotopic (exact) mass is 419 g/mol. The molecule has 4 aromatic rings. The van der Waals surface area contributed by atoms with Crippen molar-refractivity contribution in [1.29, 1.82) is 0 Å². The predicted molar refractivity (Wildman–Crippen MR) is 118 cm³/mol. The SMILES string of the molecule is COc1ccc(Cn2c(SCc3ccccn3)nc3ccccc3c2=O)cc1OC. The maximum Gasteiger partial charge on any atom is 0.262 e. The molecule has 4 rings (SSSR count). The van der Waals surface area contributed by atoms with Gasteiger partial charge in [-0.3, -0.25) is 14.3 Å². The first-order chi connectivity index (χ1) is 14.7. The van der Waals surface area contributed by atoms with Gasteiger partial charge in [0.15, 0.2) is 16.7 Å². The van der Waals surface area contributed by atoms with Gasteiger partial charge < -0.3 is 9.47 Å². The second-order valence-electron chi connectivity index (χ2n) is 6.60. The van der Waals surface area contributed by atoms with Crippen molar-refractivity contribution in [2.45, 2.75) is 17.5 Å². The number of methoxy groups -OCH3 is 2. The van der Waals surface area contributed by atoms with E-state index in [0.29, 0.717) is 39.9 Å². The molecule has 2 heterocycles. The van der Waals surface area contributed by atoms with Crippen LogP contribution in [0.1, 0.15) is 11.3 Å². The molecule has 0 aliphatic heterocycles. The molecule has 152 valence electrons. The molecule has 0 radical (unpaired) electrons. The Kier molecular flexibility index (Phi) is 5.99. The van der Waals surface area contributed by atoms with Crippen LogP contribution in [0.3, 0.4) is 0 Å². The van der Waals surface area contributed by atoms with Crippen LogP contribution in [-0.4, -0.2) is 28.8 Å². The summed E-state index contributed by atoms with van der Waals surface area (Å²) in [4.78, 5) is 22.4. The highest BCUT2D eigenvalue weighted by atomic mass is 32.2. The molecule has 30 heavy (non-hydrogen) atoms. The van der Waals surface area contributed by atoms with E-state index in [9.17, 15) is 4.79 Å². The van der Waals surface area contributed by atoms with Crippen LogP contribution in [0.4, 0.5) is 0 Å². The number of ether oxygens (including phenoxy) is 2. The zero-order chi connectivity index (χ0) is 20.9. The van der Waals surface area contributed by atoms with Crippen LogP contribution in [0, 0.1) is 0 Å². The van der Waals surface area contributed by atoms with Crippen LogP contribution in [-0.2, 0) is 12.3 Å². The molecule has 0 aliphatic carbocycles. The fourth-order valence-corrected chi connectivity index (χ4v) is 4.09. The van der Waals surface area contributed by atoms with E-state index in [1.807, 2.05) is 60.7 Å². The lowest BCUT2D eigenvalue weighted by Crippen LogP contribution is -2.24. The highest BCUT2D eigenvalue weighted by molar-refractivity contribution is 7.98. The summed E-state index contributed by atoms with van der Waals surface area (Å²) in [5.74, 6) is 1.90. The van der Waals surface area contributed by atoms with E-state index in [4.69, 9.17) is 14.5 Å². The Labute approximate surface area is 178 Å². The van der Waals surface area contributed by atoms with Gasteiger partial charge in [-0.2, -0.15) is 0 Å². The summed E-state index contributed by atoms with van der Waals surface area (Å²) >= 11 is 1.50. The molecule has 6 nitrogen and oxygen atoms in total. The molecule has 0 spiro atoms. The van der Waals surface area contributed by atoms with Crippen LogP contribution in [0.25, 0.3) is 10.9 Å². The van der Waals surface area contributed by atoms with Crippen molar-refractivity contribution in [1.82, 2.24) is 14.5 Å². The molecule has 0 aliphatic rings. The number of fused-ring (bicyclic) bond motifs is 1. The lowest BCUT2D eigenvalue weighted by molar-refractivity contribution is 0.354. The first-order valence-electron chi connectivity index (χ1n) is 9.43. The Hall–Kier alpha value is -3.32. The number of aromatic nitrogens is 3. The first kappa shape index (κ1) is 20.0. The van der Waals surface area contributed by atoms with Crippen molar-refractivity contribution < 1.29 is 9.47 Å². The van der Waals surface area contributed by atoms with E-state index in [2.05, 4.69) is 4.98 Å². The number of benzene rings is 2. The number of hydrogen-bond donors (Lipinski definition) is 0. The molecule has 0 unspecified atom stereocenters. The number of nitrogens with zero attached hydrogens (tertiary/aromatic N) is 3. The predicted octanol–water partition coefficient (Wildman–Crippen LogP) is 4.15. The number of hydrogen-bond acceptors (Lipinski definition) is 6. The van der Waals surface area contributed by atoms with Gasteiger partial charge in [-0.05, 0) is 42.0 Å². The lowest BCUT2D eigenvalue weighted by atomic mass is 10.2. The Bertz CT molecular complexity index is 1230. The number of para-hydroxylation sites is 1. The minimum absolute atomic E-state index is 0.0705. The normalized spacial score (nSPS) is 10.9. The minimum Gasteiger partial charge on any atom is -0.493 e. The smallest absolute Gasteiger partial charge is 0.262 e. The van der Waals surface area contributed by atoms with Gasteiger partial charge in [-0.25, -0.2) is 4.98 Å². The molecule has 0 saturated heterocycles. The zero-order valence-corrected chi connectivity index (χ0v) is 17.6. The van der Waals surface area contributed by atoms with E-state index in [0.717, 1.165) is 11.3 Å². The third-order valence-corrected chi connectivity index (χ3v) is 5.70. The number of pyridine rings is 1. The highest BCUT2D eigenvalue weighted by Crippen LogP contribution is 2.28. The van der Waals surface area contributed by atoms with Gasteiger partial charge >= 0.3 is 0 Å². The van der Waals surface area contributed by atoms with Crippen molar-refractivity contribution in [2.75, 3.05) is 14.2 Å². The summed E-state index contributed by atoms with van der Waals surface area (Å²) in [7, 11) is 3.20. The maximum atomic E-state index is 13.3. The Morgan fingerprint density at radius 1 is 0.967 bits per heavy atom. The lowest BCUT2D eigenvalue weighted by Gasteiger charge is -2.14. The molecule has 2 aromatic heterocycles. The fourth-order valence-electron chi connectivity index (χ4n) is 3.18. The van der Waals surface area contributed by atoms with Crippen molar-refractivity contribution in [3.05, 3.63) is 88.5 Å². The molecular formula is C23H21N3O3S. The molecular weight excluding hydrogens is 398 g/mol. The number of thioether (sulfide) groups is 1. The van der Waals surface area contributed by atoms with E-state index in [-0.39, 0.29) is 5.56 Å². The van der Waals surface area contributed by atoms with Gasteiger partial charge in [0.25, 0.3) is 5.56 Å². The minimum atomic E-state index is -0.0705. The molecule has 0 amide bonds. The average Bonchev–Trinajstić information content (AvgIpc) is 2.80. The molecule has 0 saturated carbocycles. The number of rotatable bonds is 7. The highest BCUT2D eigenvalue weighted by Gasteiger charge is 2.14. The molecule has 0 fully saturated rings. The van der Waals surface area contributed by atoms with Gasteiger partial charge in [0.05, 0.1) is 37.4 Å². The van der Waals surface area contributed by atoms with Gasteiger partial charge in [0.1, 0.15) is 0 Å². The summed E-state index contributed by atoms with van der Waals surface area (Å²) in [6, 6.07) is 18.9. The standard InChI is InChI=1S/C23H21N3O3S/c1-28-20-11-10-16(13-21(20)29-2)14-26-22(27)18-8-3-4-9-19(18)25-23(26)30-15-17-7-5-6-12-24-17/h3-13H,14-15H2,1-2H3. The second kappa shape index (κ2) is 9.00. The first-order valence-corrected chi connectivity index (χ1v) is 10.4. The average molecular weight is 420 g/mol. The van der Waals surface area contributed by atoms with Crippen LogP contribution in [0.5, 0.6) is 11.5 Å². The zero-order valence-electron chi connectivity index (χ0n) is 16.7. The molecule has 0 bridgehead atoms. The Morgan fingerprint density at radius 3 is 2.53 bits per heavy atom. The third kappa shape index (κ3) is 4.16. The summed E-state index contributed by atoms with van der Waals surface area (Å²) in [5.41, 5.74) is 2.47. The second-order valence-corrected chi connectivity index (χ2v) is 7.54. The topological polar surface area (TPSA) is 66.2 Å². The van der Waals surface area contributed by atoms with Crippen LogP contribution >= 0.6 is 11.8 Å². The Morgan fingerprint density at radius 2 is 1.77 bits per heavy atom. The summed E-state index contributed by atoms with van der Waals surface area (Å²) in [6.07, 6.45) is 1.76. The summed E-state index contributed by atoms with van der Waals surface area (Å²) in [6.45, 7) is 0.377. The summed E-state index contributed by atoms with van der Waals surface area (Å²) < 4.78 is 12.4. The van der Waals surface area contributed by atoms with Gasteiger partial charge in [0.2, 0.25) is 0 Å². The van der Waals surface area contributed by atoms with Gasteiger partial charge in [-0.1, -0.05) is 36.0 Å². The molecule has 0 N–H and O–H groups in total. The van der Waals surface area contributed by atoms with Gasteiger partial charge in [-0.15, -0.1) is 0 Å². The van der Waals surface area contributed by atoms with E-state index < -0.39 is 0 Å². The molecule has 7 heteroatoms. The molecule has 2 aromatic carbocycles. The van der Waals surface area contributed by atoms with E-state index >= 15 is 0 Å². The maximum absolute atomic E-state index is 13.3. The fraction of sp³-hybridized carbons (Fsp3) is 0.174. The molecule has 0 atom stereocenters. The largest absolute Gasteiger partial charge is 0.493 e. The van der Waals surface area contributed by atoms with Gasteiger partial charge in [0, 0.05) is 11.9 Å².